The highest BCUT2D eigenvalue weighted by Gasteiger charge is 2.40. The Bertz CT molecular complexity index is 884. The van der Waals surface area contributed by atoms with Crippen molar-refractivity contribution in [3.63, 3.8) is 0 Å². The largest absolute Gasteiger partial charge is 0.497 e. The van der Waals surface area contributed by atoms with Crippen molar-refractivity contribution in [1.82, 2.24) is 14.5 Å². The molecule has 3 rings (SSSR count). The average molecular weight is 438 g/mol. The topological polar surface area (TPSA) is 96.0 Å². The third-order valence-corrected chi connectivity index (χ3v) is 7.72. The van der Waals surface area contributed by atoms with Crippen molar-refractivity contribution < 1.29 is 22.7 Å². The Kier molecular flexibility index (Phi) is 6.43. The fraction of sp³-hybridized carbons (Fsp3) is 0.619. The van der Waals surface area contributed by atoms with Gasteiger partial charge in [-0.3, -0.25) is 9.59 Å². The maximum absolute atomic E-state index is 12.8. The van der Waals surface area contributed by atoms with E-state index in [1.165, 1.54) is 11.4 Å². The molecule has 2 fully saturated rings. The van der Waals surface area contributed by atoms with Crippen LogP contribution >= 0.6 is 0 Å². The molecule has 2 saturated heterocycles. The molecule has 2 amide bonds. The number of ether oxygens (including phenoxy) is 1. The Morgan fingerprint density at radius 2 is 1.73 bits per heavy atom. The number of rotatable bonds is 5. The number of sulfonamides is 1. The van der Waals surface area contributed by atoms with E-state index in [2.05, 4.69) is 5.32 Å². The predicted molar refractivity (Wildman–Crippen MR) is 112 cm³/mol. The highest BCUT2D eigenvalue weighted by molar-refractivity contribution is 7.89. The van der Waals surface area contributed by atoms with Gasteiger partial charge in [0.05, 0.1) is 17.9 Å². The molecule has 0 saturated carbocycles. The Labute approximate surface area is 178 Å². The molecule has 0 bridgehead atoms. The molecule has 1 aromatic rings. The minimum atomic E-state index is -3.57. The van der Waals surface area contributed by atoms with Crippen molar-refractivity contribution in [3.8, 4) is 5.75 Å². The van der Waals surface area contributed by atoms with Crippen LogP contribution < -0.4 is 10.1 Å². The Morgan fingerprint density at radius 3 is 2.23 bits per heavy atom. The van der Waals surface area contributed by atoms with Gasteiger partial charge < -0.3 is 15.0 Å². The van der Waals surface area contributed by atoms with Gasteiger partial charge in [0.15, 0.2) is 0 Å². The highest BCUT2D eigenvalue weighted by atomic mass is 32.2. The zero-order valence-corrected chi connectivity index (χ0v) is 18.9. The monoisotopic (exact) mass is 437 g/mol. The first-order chi connectivity index (χ1) is 14.0. The second-order valence-corrected chi connectivity index (χ2v) is 10.9. The number of carbonyl (C=O) groups excluding carboxylic acids is 2. The number of piperidine rings is 1. The number of methoxy groups -OCH3 is 1. The van der Waals surface area contributed by atoms with E-state index in [0.717, 1.165) is 0 Å². The van der Waals surface area contributed by atoms with Crippen LogP contribution in [0.15, 0.2) is 29.2 Å². The second-order valence-electron chi connectivity index (χ2n) is 8.94. The Hall–Kier alpha value is -2.13. The first kappa shape index (κ1) is 22.6. The number of carbonyl (C=O) groups is 2. The third-order valence-electron chi connectivity index (χ3n) is 5.80. The molecule has 1 N–H and O–H groups in total. The van der Waals surface area contributed by atoms with Gasteiger partial charge in [0.1, 0.15) is 5.75 Å². The summed E-state index contributed by atoms with van der Waals surface area (Å²) in [6.07, 6.45) is 1.32. The van der Waals surface area contributed by atoms with Crippen molar-refractivity contribution in [1.29, 1.82) is 0 Å². The summed E-state index contributed by atoms with van der Waals surface area (Å²) in [6, 6.07) is 6.26. The van der Waals surface area contributed by atoms with Gasteiger partial charge in [-0.05, 0) is 57.9 Å². The maximum Gasteiger partial charge on any atom is 0.243 e. The molecule has 0 spiro atoms. The van der Waals surface area contributed by atoms with Gasteiger partial charge in [0, 0.05) is 37.6 Å². The summed E-state index contributed by atoms with van der Waals surface area (Å²) in [5.74, 6) is 0.137. The molecule has 30 heavy (non-hydrogen) atoms. The SMILES string of the molecule is COc1ccc(S(=O)(=O)N2CCC(NC(=O)C3CC(=O)N(C(C)(C)C)C3)CC2)cc1. The normalized spacial score (nSPS) is 21.7. The lowest BCUT2D eigenvalue weighted by molar-refractivity contribution is -0.132. The Morgan fingerprint density at radius 1 is 1.13 bits per heavy atom. The van der Waals surface area contributed by atoms with E-state index in [4.69, 9.17) is 4.74 Å². The number of hydrogen-bond donors (Lipinski definition) is 1. The number of hydrogen-bond acceptors (Lipinski definition) is 5. The third kappa shape index (κ3) is 4.78. The van der Waals surface area contributed by atoms with Gasteiger partial charge in [0.2, 0.25) is 21.8 Å². The van der Waals surface area contributed by atoms with E-state index in [1.807, 2.05) is 20.8 Å². The fourth-order valence-electron chi connectivity index (χ4n) is 3.99. The molecule has 2 aliphatic rings. The van der Waals surface area contributed by atoms with Gasteiger partial charge in [-0.1, -0.05) is 0 Å². The van der Waals surface area contributed by atoms with Crippen LogP contribution in [0.2, 0.25) is 0 Å². The molecular weight excluding hydrogens is 406 g/mol. The molecule has 9 heteroatoms. The minimum absolute atomic E-state index is 0.00283. The number of amides is 2. The summed E-state index contributed by atoms with van der Waals surface area (Å²) in [4.78, 5) is 26.9. The first-order valence-electron chi connectivity index (χ1n) is 10.3. The van der Waals surface area contributed by atoms with Crippen molar-refractivity contribution in [2.45, 2.75) is 56.5 Å². The summed E-state index contributed by atoms with van der Waals surface area (Å²) in [5.41, 5.74) is -0.298. The molecule has 8 nitrogen and oxygen atoms in total. The lowest BCUT2D eigenvalue weighted by Crippen LogP contribution is -2.48. The average Bonchev–Trinajstić information content (AvgIpc) is 3.11. The molecule has 166 valence electrons. The summed E-state index contributed by atoms with van der Waals surface area (Å²) < 4.78 is 32.2. The van der Waals surface area contributed by atoms with Crippen molar-refractivity contribution in [3.05, 3.63) is 24.3 Å². The Balaban J connectivity index is 1.54. The smallest absolute Gasteiger partial charge is 0.243 e. The first-order valence-corrected chi connectivity index (χ1v) is 11.7. The van der Waals surface area contributed by atoms with Crippen LogP contribution in [-0.4, -0.2) is 67.8 Å². The van der Waals surface area contributed by atoms with Gasteiger partial charge in [-0.25, -0.2) is 8.42 Å². The van der Waals surface area contributed by atoms with E-state index >= 15 is 0 Å². The molecule has 2 heterocycles. The second kappa shape index (κ2) is 8.55. The molecule has 1 unspecified atom stereocenters. The molecule has 0 aliphatic carbocycles. The lowest BCUT2D eigenvalue weighted by atomic mass is 10.0. The number of likely N-dealkylation sites (tertiary alicyclic amines) is 1. The standard InChI is InChI=1S/C21H31N3O5S/c1-21(2,3)24-14-15(13-19(24)25)20(26)22-16-9-11-23(12-10-16)30(27,28)18-7-5-17(29-4)6-8-18/h5-8,15-16H,9-14H2,1-4H3,(H,22,26). The van der Waals surface area contributed by atoms with Gasteiger partial charge >= 0.3 is 0 Å². The molecule has 0 radical (unpaired) electrons. The van der Waals surface area contributed by atoms with Crippen LogP contribution in [0.3, 0.4) is 0 Å². The molecule has 2 aliphatic heterocycles. The van der Waals surface area contributed by atoms with Crippen LogP contribution in [0.4, 0.5) is 0 Å². The van der Waals surface area contributed by atoms with Crippen molar-refractivity contribution in [2.24, 2.45) is 5.92 Å². The zero-order chi connectivity index (χ0) is 22.1. The fourth-order valence-corrected chi connectivity index (χ4v) is 5.46. The van der Waals surface area contributed by atoms with Crippen LogP contribution in [0.25, 0.3) is 0 Å². The van der Waals surface area contributed by atoms with Crippen LogP contribution in [-0.2, 0) is 19.6 Å². The lowest BCUT2D eigenvalue weighted by Gasteiger charge is -2.33. The van der Waals surface area contributed by atoms with Gasteiger partial charge in [-0.15, -0.1) is 0 Å². The van der Waals surface area contributed by atoms with E-state index in [-0.39, 0.29) is 40.6 Å². The summed E-state index contributed by atoms with van der Waals surface area (Å²) in [7, 11) is -2.04. The summed E-state index contributed by atoms with van der Waals surface area (Å²) in [6.45, 7) is 7.01. The maximum atomic E-state index is 12.8. The highest BCUT2D eigenvalue weighted by Crippen LogP contribution is 2.27. The van der Waals surface area contributed by atoms with Crippen LogP contribution in [0.1, 0.15) is 40.0 Å². The van der Waals surface area contributed by atoms with Crippen molar-refractivity contribution in [2.75, 3.05) is 26.7 Å². The van der Waals surface area contributed by atoms with E-state index in [0.29, 0.717) is 38.2 Å². The number of nitrogens with one attached hydrogen (secondary N) is 1. The number of benzene rings is 1. The van der Waals surface area contributed by atoms with Gasteiger partial charge in [-0.2, -0.15) is 4.31 Å². The van der Waals surface area contributed by atoms with E-state index < -0.39 is 10.0 Å². The summed E-state index contributed by atoms with van der Waals surface area (Å²) >= 11 is 0. The molecular formula is C21H31N3O5S. The molecule has 1 atom stereocenters. The minimum Gasteiger partial charge on any atom is -0.497 e. The zero-order valence-electron chi connectivity index (χ0n) is 18.1. The summed E-state index contributed by atoms with van der Waals surface area (Å²) in [5, 5.41) is 3.02. The van der Waals surface area contributed by atoms with Crippen molar-refractivity contribution >= 4 is 21.8 Å². The van der Waals surface area contributed by atoms with E-state index in [9.17, 15) is 18.0 Å². The predicted octanol–water partition coefficient (Wildman–Crippen LogP) is 1.61. The van der Waals surface area contributed by atoms with Crippen LogP contribution in [0, 0.1) is 5.92 Å². The quantitative estimate of drug-likeness (QED) is 0.755. The van der Waals surface area contributed by atoms with Crippen LogP contribution in [0.5, 0.6) is 5.75 Å². The van der Waals surface area contributed by atoms with Gasteiger partial charge in [0.25, 0.3) is 0 Å². The number of nitrogens with zero attached hydrogens (tertiary/aromatic N) is 2. The molecule has 0 aromatic heterocycles. The molecule has 1 aromatic carbocycles. The van der Waals surface area contributed by atoms with E-state index in [1.54, 1.807) is 29.2 Å².